The SMILES string of the molecule is CC(=O)c1cnc2cc(F)c(-c3cc(Cl)c(O)c(Cl)c3)cc2c1N[C@H]1CC[C@H](CN(C)C)CC1. The molecule has 1 aromatic heterocycles. The number of nitrogens with zero attached hydrogens (tertiary/aromatic N) is 2. The molecule has 2 N–H and O–H groups in total. The number of aromatic hydroxyl groups is 1. The van der Waals surface area contributed by atoms with Crippen molar-refractivity contribution in [2.75, 3.05) is 26.0 Å². The largest absolute Gasteiger partial charge is 0.505 e. The number of rotatable bonds is 6. The van der Waals surface area contributed by atoms with Crippen molar-refractivity contribution in [3.63, 3.8) is 0 Å². The van der Waals surface area contributed by atoms with Gasteiger partial charge < -0.3 is 15.3 Å². The van der Waals surface area contributed by atoms with Crippen LogP contribution in [-0.4, -0.2) is 47.5 Å². The highest BCUT2D eigenvalue weighted by Gasteiger charge is 2.24. The van der Waals surface area contributed by atoms with E-state index in [2.05, 4.69) is 29.3 Å². The smallest absolute Gasteiger partial charge is 0.163 e. The second-order valence-electron chi connectivity index (χ2n) is 9.36. The van der Waals surface area contributed by atoms with E-state index in [-0.39, 0.29) is 33.2 Å². The fraction of sp³-hybridized carbons (Fsp3) is 0.385. The maximum atomic E-state index is 15.1. The lowest BCUT2D eigenvalue weighted by atomic mass is 9.85. The molecule has 0 atom stereocenters. The summed E-state index contributed by atoms with van der Waals surface area (Å²) in [6, 6.07) is 6.17. The number of fused-ring (bicyclic) bond motifs is 1. The van der Waals surface area contributed by atoms with Gasteiger partial charge in [-0.05, 0) is 76.4 Å². The monoisotopic (exact) mass is 503 g/mol. The van der Waals surface area contributed by atoms with E-state index in [0.717, 1.165) is 32.2 Å². The van der Waals surface area contributed by atoms with Gasteiger partial charge in [0.15, 0.2) is 11.5 Å². The number of Topliss-reactive ketones (excluding diaryl/α,β-unsaturated/α-hetero) is 1. The number of carbonyl (C=O) groups excluding carboxylic acids is 1. The molecule has 3 aromatic rings. The lowest BCUT2D eigenvalue weighted by Crippen LogP contribution is -2.31. The molecule has 34 heavy (non-hydrogen) atoms. The van der Waals surface area contributed by atoms with E-state index in [4.69, 9.17) is 23.2 Å². The average molecular weight is 504 g/mol. The van der Waals surface area contributed by atoms with E-state index < -0.39 is 5.82 Å². The molecule has 1 aliphatic rings. The molecule has 0 unspecified atom stereocenters. The molecule has 1 fully saturated rings. The van der Waals surface area contributed by atoms with Gasteiger partial charge in [0.05, 0.1) is 26.8 Å². The number of carbonyl (C=O) groups is 1. The zero-order valence-corrected chi connectivity index (χ0v) is 21.0. The molecule has 0 saturated heterocycles. The van der Waals surface area contributed by atoms with Gasteiger partial charge in [0.1, 0.15) is 5.82 Å². The van der Waals surface area contributed by atoms with Crippen LogP contribution < -0.4 is 5.32 Å². The maximum Gasteiger partial charge on any atom is 0.163 e. The molecular formula is C26H28Cl2FN3O2. The van der Waals surface area contributed by atoms with Crippen molar-refractivity contribution in [3.05, 3.63) is 51.9 Å². The van der Waals surface area contributed by atoms with E-state index in [0.29, 0.717) is 33.6 Å². The van der Waals surface area contributed by atoms with Crippen LogP contribution in [0.3, 0.4) is 0 Å². The quantitative estimate of drug-likeness (QED) is 0.362. The number of aromatic nitrogens is 1. The summed E-state index contributed by atoms with van der Waals surface area (Å²) in [5.74, 6) is -0.191. The van der Waals surface area contributed by atoms with Gasteiger partial charge in [-0.25, -0.2) is 4.39 Å². The lowest BCUT2D eigenvalue weighted by molar-refractivity contribution is 0.101. The van der Waals surface area contributed by atoms with Crippen molar-refractivity contribution in [2.45, 2.75) is 38.6 Å². The lowest BCUT2D eigenvalue weighted by Gasteiger charge is -2.32. The highest BCUT2D eigenvalue weighted by Crippen LogP contribution is 2.40. The topological polar surface area (TPSA) is 65.5 Å². The van der Waals surface area contributed by atoms with E-state index in [1.807, 2.05) is 0 Å². The first-order chi connectivity index (χ1) is 16.1. The van der Waals surface area contributed by atoms with Crippen LogP contribution >= 0.6 is 23.2 Å². The molecule has 0 bridgehead atoms. The summed E-state index contributed by atoms with van der Waals surface area (Å²) < 4.78 is 15.1. The molecule has 8 heteroatoms. The third-order valence-corrected chi connectivity index (χ3v) is 7.06. The van der Waals surface area contributed by atoms with E-state index in [1.54, 1.807) is 6.07 Å². The number of pyridine rings is 1. The summed E-state index contributed by atoms with van der Waals surface area (Å²) in [6.45, 7) is 2.58. The van der Waals surface area contributed by atoms with Crippen molar-refractivity contribution in [1.82, 2.24) is 9.88 Å². The van der Waals surface area contributed by atoms with E-state index in [9.17, 15) is 9.90 Å². The number of phenolic OH excluding ortho intramolecular Hbond substituents is 1. The molecule has 4 rings (SSSR count). The normalized spacial score (nSPS) is 18.4. The minimum Gasteiger partial charge on any atom is -0.505 e. The summed E-state index contributed by atoms with van der Waals surface area (Å²) in [6.07, 6.45) is 5.73. The Labute approximate surface area is 208 Å². The van der Waals surface area contributed by atoms with Crippen LogP contribution in [0.1, 0.15) is 43.0 Å². The van der Waals surface area contributed by atoms with Crippen LogP contribution in [0.4, 0.5) is 10.1 Å². The Kier molecular flexibility index (Phi) is 7.31. The molecule has 2 aromatic carbocycles. The number of halogens is 3. The van der Waals surface area contributed by atoms with Gasteiger partial charge in [0, 0.05) is 35.8 Å². The number of phenols is 1. The van der Waals surface area contributed by atoms with Crippen LogP contribution in [0.5, 0.6) is 5.75 Å². The van der Waals surface area contributed by atoms with Crippen LogP contribution in [-0.2, 0) is 0 Å². The van der Waals surface area contributed by atoms with Gasteiger partial charge >= 0.3 is 0 Å². The molecular weight excluding hydrogens is 476 g/mol. The van der Waals surface area contributed by atoms with Crippen molar-refractivity contribution in [1.29, 1.82) is 0 Å². The second kappa shape index (κ2) is 10.1. The van der Waals surface area contributed by atoms with Gasteiger partial charge in [0.25, 0.3) is 0 Å². The molecule has 1 heterocycles. The molecule has 0 radical (unpaired) electrons. The van der Waals surface area contributed by atoms with Crippen molar-refractivity contribution >= 4 is 45.6 Å². The zero-order chi connectivity index (χ0) is 24.6. The van der Waals surface area contributed by atoms with Crippen molar-refractivity contribution < 1.29 is 14.3 Å². The molecule has 180 valence electrons. The molecule has 0 spiro atoms. The molecule has 0 amide bonds. The van der Waals surface area contributed by atoms with Crippen LogP contribution in [0, 0.1) is 11.7 Å². The fourth-order valence-corrected chi connectivity index (χ4v) is 5.28. The third-order valence-electron chi connectivity index (χ3n) is 6.48. The second-order valence-corrected chi connectivity index (χ2v) is 10.2. The van der Waals surface area contributed by atoms with Crippen molar-refractivity contribution in [2.24, 2.45) is 5.92 Å². The zero-order valence-electron chi connectivity index (χ0n) is 19.5. The number of hydrogen-bond donors (Lipinski definition) is 2. The van der Waals surface area contributed by atoms with E-state index >= 15 is 4.39 Å². The number of nitrogens with one attached hydrogen (secondary N) is 1. The minimum atomic E-state index is -0.497. The fourth-order valence-electron chi connectivity index (χ4n) is 4.79. The van der Waals surface area contributed by atoms with Gasteiger partial charge in [-0.2, -0.15) is 0 Å². The van der Waals surface area contributed by atoms with Gasteiger partial charge in [-0.15, -0.1) is 0 Å². The molecule has 5 nitrogen and oxygen atoms in total. The number of benzene rings is 2. The average Bonchev–Trinajstić information content (AvgIpc) is 2.77. The van der Waals surface area contributed by atoms with Crippen LogP contribution in [0.15, 0.2) is 30.5 Å². The Morgan fingerprint density at radius 1 is 1.15 bits per heavy atom. The summed E-state index contributed by atoms with van der Waals surface area (Å²) in [4.78, 5) is 19.0. The summed E-state index contributed by atoms with van der Waals surface area (Å²) in [5, 5.41) is 14.2. The van der Waals surface area contributed by atoms with Crippen molar-refractivity contribution in [3.8, 4) is 16.9 Å². The Morgan fingerprint density at radius 2 is 1.79 bits per heavy atom. The minimum absolute atomic E-state index is 0.0328. The van der Waals surface area contributed by atoms with Crippen LogP contribution in [0.25, 0.3) is 22.0 Å². The van der Waals surface area contributed by atoms with Gasteiger partial charge in [-0.1, -0.05) is 23.2 Å². The highest BCUT2D eigenvalue weighted by atomic mass is 35.5. The molecule has 1 saturated carbocycles. The first-order valence-electron chi connectivity index (χ1n) is 11.4. The summed E-state index contributed by atoms with van der Waals surface area (Å²) in [7, 11) is 4.19. The Bertz CT molecular complexity index is 1220. The summed E-state index contributed by atoms with van der Waals surface area (Å²) >= 11 is 12.2. The Balaban J connectivity index is 1.75. The molecule has 0 aliphatic heterocycles. The first-order valence-corrected chi connectivity index (χ1v) is 12.1. The first kappa shape index (κ1) is 24.7. The van der Waals surface area contributed by atoms with Gasteiger partial charge in [0.2, 0.25) is 0 Å². The third kappa shape index (κ3) is 5.14. The standard InChI is InChI=1S/C26H28Cl2FN3O2/c1-14(33)20-12-30-24-11-23(29)18(16-8-21(27)26(34)22(28)9-16)10-19(24)25(20)31-17-6-4-15(5-7-17)13-32(2)3/h8-12,15,17,34H,4-7,13H2,1-3H3,(H,30,31)/t15-,17-. The predicted octanol–water partition coefficient (Wildman–Crippen LogP) is 6.79. The predicted molar refractivity (Wildman–Crippen MR) is 137 cm³/mol. The highest BCUT2D eigenvalue weighted by molar-refractivity contribution is 6.37. The van der Waals surface area contributed by atoms with E-state index in [1.165, 1.54) is 31.3 Å². The Hall–Kier alpha value is -2.41. The number of ketones is 1. The number of anilines is 1. The van der Waals surface area contributed by atoms with Crippen LogP contribution in [0.2, 0.25) is 10.0 Å². The molecule has 1 aliphatic carbocycles. The number of hydrogen-bond acceptors (Lipinski definition) is 5. The summed E-state index contributed by atoms with van der Waals surface area (Å²) in [5.41, 5.74) is 2.28. The van der Waals surface area contributed by atoms with Gasteiger partial charge in [-0.3, -0.25) is 9.78 Å². The Morgan fingerprint density at radius 3 is 2.38 bits per heavy atom. The maximum absolute atomic E-state index is 15.1.